The molecule has 1 aliphatic heterocycles. The van der Waals surface area contributed by atoms with Gasteiger partial charge in [0.2, 0.25) is 5.91 Å². The summed E-state index contributed by atoms with van der Waals surface area (Å²) >= 11 is 0. The van der Waals surface area contributed by atoms with Gasteiger partial charge in [-0.25, -0.2) is 9.80 Å². The number of carbonyl (C=O) groups excluding carboxylic acids is 2. The first kappa shape index (κ1) is 9.18. The molecular formula is C9H13N3O2. The Labute approximate surface area is 82.1 Å². The number of carbonyl (C=O) groups is 2. The molecule has 0 spiro atoms. The molecule has 1 saturated heterocycles. The van der Waals surface area contributed by atoms with E-state index in [0.29, 0.717) is 0 Å². The second-order valence-electron chi connectivity index (χ2n) is 3.64. The van der Waals surface area contributed by atoms with Crippen molar-refractivity contribution in [1.82, 2.24) is 10.3 Å². The quantitative estimate of drug-likeness (QED) is 0.631. The van der Waals surface area contributed by atoms with Gasteiger partial charge in [0.15, 0.2) is 0 Å². The topological polar surface area (TPSA) is 61.8 Å². The lowest BCUT2D eigenvalue weighted by atomic mass is 9.99. The molecule has 1 aliphatic carbocycles. The third-order valence-electron chi connectivity index (χ3n) is 2.47. The summed E-state index contributed by atoms with van der Waals surface area (Å²) in [5.74, 6) is -0.268. The summed E-state index contributed by atoms with van der Waals surface area (Å²) in [6.45, 7) is 0.0718. The van der Waals surface area contributed by atoms with Gasteiger partial charge in [-0.05, 0) is 25.7 Å². The number of amides is 3. The lowest BCUT2D eigenvalue weighted by Gasteiger charge is -2.14. The molecule has 1 heterocycles. The van der Waals surface area contributed by atoms with Crippen LogP contribution in [-0.4, -0.2) is 29.2 Å². The summed E-state index contributed by atoms with van der Waals surface area (Å²) in [5, 5.41) is 7.61. The molecule has 0 aromatic rings. The van der Waals surface area contributed by atoms with Crippen LogP contribution in [0.3, 0.4) is 0 Å². The van der Waals surface area contributed by atoms with Gasteiger partial charge in [0, 0.05) is 5.71 Å². The predicted molar refractivity (Wildman–Crippen MR) is 50.8 cm³/mol. The van der Waals surface area contributed by atoms with E-state index in [2.05, 4.69) is 10.4 Å². The zero-order chi connectivity index (χ0) is 9.97. The predicted octanol–water partition coefficient (Wildman–Crippen LogP) is 0.858. The van der Waals surface area contributed by atoms with Crippen molar-refractivity contribution in [2.24, 2.45) is 5.10 Å². The van der Waals surface area contributed by atoms with E-state index in [0.717, 1.165) is 31.4 Å². The lowest BCUT2D eigenvalue weighted by molar-refractivity contribution is -0.118. The standard InChI is InChI=1S/C9H13N3O2/c13-8-6-12(9(14)10-8)11-7-4-2-1-3-5-7/h1-6H2,(H,10,13,14). The van der Waals surface area contributed by atoms with E-state index in [4.69, 9.17) is 0 Å². The van der Waals surface area contributed by atoms with Gasteiger partial charge in [-0.1, -0.05) is 6.42 Å². The van der Waals surface area contributed by atoms with Crippen molar-refractivity contribution >= 4 is 17.6 Å². The van der Waals surface area contributed by atoms with Crippen LogP contribution in [0.2, 0.25) is 0 Å². The van der Waals surface area contributed by atoms with Crippen molar-refractivity contribution in [3.63, 3.8) is 0 Å². The Bertz CT molecular complexity index is 290. The Kier molecular flexibility index (Phi) is 2.47. The van der Waals surface area contributed by atoms with Crippen molar-refractivity contribution in [3.8, 4) is 0 Å². The van der Waals surface area contributed by atoms with E-state index in [1.165, 1.54) is 11.4 Å². The van der Waals surface area contributed by atoms with Gasteiger partial charge in [-0.15, -0.1) is 0 Å². The average Bonchev–Trinajstić information content (AvgIpc) is 2.47. The maximum absolute atomic E-state index is 11.1. The Morgan fingerprint density at radius 2 is 1.86 bits per heavy atom. The van der Waals surface area contributed by atoms with Crippen LogP contribution in [0.1, 0.15) is 32.1 Å². The van der Waals surface area contributed by atoms with E-state index in [1.54, 1.807) is 0 Å². The number of rotatable bonds is 1. The highest BCUT2D eigenvalue weighted by atomic mass is 16.2. The van der Waals surface area contributed by atoms with Crippen LogP contribution < -0.4 is 5.32 Å². The third-order valence-corrected chi connectivity index (χ3v) is 2.47. The first-order valence-electron chi connectivity index (χ1n) is 4.93. The first-order valence-corrected chi connectivity index (χ1v) is 4.93. The molecule has 1 saturated carbocycles. The molecule has 2 fully saturated rings. The highest BCUT2D eigenvalue weighted by Crippen LogP contribution is 2.15. The Morgan fingerprint density at radius 1 is 1.14 bits per heavy atom. The summed E-state index contributed by atoms with van der Waals surface area (Å²) in [6, 6.07) is -0.395. The Balaban J connectivity index is 2.01. The van der Waals surface area contributed by atoms with E-state index < -0.39 is 6.03 Å². The van der Waals surface area contributed by atoms with E-state index in [-0.39, 0.29) is 12.5 Å². The number of imide groups is 1. The molecule has 1 N–H and O–H groups in total. The molecule has 0 atom stereocenters. The third kappa shape index (κ3) is 1.92. The van der Waals surface area contributed by atoms with Crippen molar-refractivity contribution in [2.75, 3.05) is 6.54 Å². The maximum atomic E-state index is 11.1. The number of nitrogens with one attached hydrogen (secondary N) is 1. The first-order chi connectivity index (χ1) is 6.75. The van der Waals surface area contributed by atoms with Gasteiger partial charge in [0.25, 0.3) is 0 Å². The molecule has 0 aromatic carbocycles. The highest BCUT2D eigenvalue weighted by molar-refractivity contribution is 6.02. The van der Waals surface area contributed by atoms with Crippen LogP contribution in [-0.2, 0) is 4.79 Å². The van der Waals surface area contributed by atoms with Gasteiger partial charge in [0.05, 0.1) is 0 Å². The van der Waals surface area contributed by atoms with Crippen molar-refractivity contribution in [3.05, 3.63) is 0 Å². The fourth-order valence-corrected chi connectivity index (χ4v) is 1.74. The molecule has 5 nitrogen and oxygen atoms in total. The molecule has 14 heavy (non-hydrogen) atoms. The fraction of sp³-hybridized carbons (Fsp3) is 0.667. The molecule has 0 aromatic heterocycles. The van der Waals surface area contributed by atoms with Crippen LogP contribution in [0.15, 0.2) is 5.10 Å². The summed E-state index contributed by atoms with van der Waals surface area (Å²) in [7, 11) is 0. The van der Waals surface area contributed by atoms with Gasteiger partial charge in [0.1, 0.15) is 6.54 Å². The van der Waals surface area contributed by atoms with Crippen LogP contribution in [0.5, 0.6) is 0 Å². The van der Waals surface area contributed by atoms with Crippen molar-refractivity contribution in [1.29, 1.82) is 0 Å². The minimum atomic E-state index is -0.395. The molecule has 2 aliphatic rings. The number of hydrogen-bond donors (Lipinski definition) is 1. The lowest BCUT2D eigenvalue weighted by Crippen LogP contribution is -2.25. The number of hydrogen-bond acceptors (Lipinski definition) is 3. The molecule has 76 valence electrons. The smallest absolute Gasteiger partial charge is 0.275 e. The van der Waals surface area contributed by atoms with Crippen LogP contribution in [0, 0.1) is 0 Å². The zero-order valence-electron chi connectivity index (χ0n) is 7.95. The van der Waals surface area contributed by atoms with Crippen LogP contribution in [0.25, 0.3) is 0 Å². The van der Waals surface area contributed by atoms with Gasteiger partial charge in [-0.2, -0.15) is 5.10 Å². The highest BCUT2D eigenvalue weighted by Gasteiger charge is 2.26. The maximum Gasteiger partial charge on any atom is 0.344 e. The number of hydrazone groups is 1. The largest absolute Gasteiger partial charge is 0.344 e. The summed E-state index contributed by atoms with van der Waals surface area (Å²) in [5.41, 5.74) is 1.04. The SMILES string of the molecule is O=C1CN(N=C2CCCCC2)C(=O)N1. The van der Waals surface area contributed by atoms with E-state index >= 15 is 0 Å². The van der Waals surface area contributed by atoms with E-state index in [1.807, 2.05) is 0 Å². The molecule has 2 rings (SSSR count). The summed E-state index contributed by atoms with van der Waals surface area (Å²) < 4.78 is 0. The van der Waals surface area contributed by atoms with Crippen LogP contribution >= 0.6 is 0 Å². The molecule has 0 radical (unpaired) electrons. The summed E-state index contributed by atoms with van der Waals surface area (Å²) in [4.78, 5) is 22.0. The number of nitrogens with zero attached hydrogens (tertiary/aromatic N) is 2. The number of urea groups is 1. The molecular weight excluding hydrogens is 182 g/mol. The Morgan fingerprint density at radius 3 is 2.43 bits per heavy atom. The minimum absolute atomic E-state index is 0.0718. The normalized spacial score (nSPS) is 22.6. The van der Waals surface area contributed by atoms with Gasteiger partial charge >= 0.3 is 6.03 Å². The van der Waals surface area contributed by atoms with Gasteiger partial charge < -0.3 is 0 Å². The molecule has 3 amide bonds. The molecule has 5 heteroatoms. The summed E-state index contributed by atoms with van der Waals surface area (Å²) in [6.07, 6.45) is 5.44. The fourth-order valence-electron chi connectivity index (χ4n) is 1.74. The van der Waals surface area contributed by atoms with Crippen LogP contribution in [0.4, 0.5) is 4.79 Å². The molecule has 0 bridgehead atoms. The second-order valence-corrected chi connectivity index (χ2v) is 3.64. The minimum Gasteiger partial charge on any atom is -0.275 e. The Hall–Kier alpha value is -1.39. The van der Waals surface area contributed by atoms with Crippen molar-refractivity contribution in [2.45, 2.75) is 32.1 Å². The van der Waals surface area contributed by atoms with Gasteiger partial charge in [-0.3, -0.25) is 10.1 Å². The monoisotopic (exact) mass is 195 g/mol. The van der Waals surface area contributed by atoms with E-state index in [9.17, 15) is 9.59 Å². The average molecular weight is 195 g/mol. The second kappa shape index (κ2) is 3.77. The zero-order valence-corrected chi connectivity index (χ0v) is 7.95. The van der Waals surface area contributed by atoms with Crippen molar-refractivity contribution < 1.29 is 9.59 Å². The molecule has 0 unspecified atom stereocenters.